The second kappa shape index (κ2) is 11.2. The third-order valence-corrected chi connectivity index (χ3v) is 6.81. The predicted molar refractivity (Wildman–Crippen MR) is 128 cm³/mol. The van der Waals surface area contributed by atoms with Crippen LogP contribution in [0.15, 0.2) is 59.8 Å². The summed E-state index contributed by atoms with van der Waals surface area (Å²) in [5, 5.41) is 12.8. The Morgan fingerprint density at radius 2 is 1.81 bits per heavy atom. The number of hydrogen-bond acceptors (Lipinski definition) is 5. The van der Waals surface area contributed by atoms with Crippen LogP contribution in [0.5, 0.6) is 5.75 Å². The van der Waals surface area contributed by atoms with Crippen molar-refractivity contribution < 1.29 is 9.53 Å². The summed E-state index contributed by atoms with van der Waals surface area (Å²) in [6, 6.07) is 18.5. The Morgan fingerprint density at radius 1 is 1.06 bits per heavy atom. The summed E-state index contributed by atoms with van der Waals surface area (Å²) >= 11 is 1.47. The molecule has 1 aliphatic rings. The zero-order valence-corrected chi connectivity index (χ0v) is 19.3. The summed E-state index contributed by atoms with van der Waals surface area (Å²) in [6.45, 7) is 0.635. The Hall–Kier alpha value is -2.80. The topological polar surface area (TPSA) is 69.0 Å². The van der Waals surface area contributed by atoms with Crippen LogP contribution >= 0.6 is 11.8 Å². The van der Waals surface area contributed by atoms with E-state index in [1.807, 2.05) is 42.5 Å². The molecule has 0 radical (unpaired) electrons. The first-order valence-corrected chi connectivity index (χ1v) is 12.3. The zero-order chi connectivity index (χ0) is 22.2. The summed E-state index contributed by atoms with van der Waals surface area (Å²) in [6.07, 6.45) is 6.79. The monoisotopic (exact) mass is 450 g/mol. The number of aromatic nitrogens is 3. The largest absolute Gasteiger partial charge is 0.497 e. The second-order valence-electron chi connectivity index (χ2n) is 8.07. The highest BCUT2D eigenvalue weighted by molar-refractivity contribution is 7.99. The van der Waals surface area contributed by atoms with Crippen molar-refractivity contribution in [3.05, 3.63) is 60.2 Å². The number of methoxy groups -OCH3 is 1. The summed E-state index contributed by atoms with van der Waals surface area (Å²) in [4.78, 5) is 12.4. The van der Waals surface area contributed by atoms with Crippen molar-refractivity contribution in [3.8, 4) is 17.1 Å². The Bertz CT molecular complexity index is 999. The maximum atomic E-state index is 12.4. The van der Waals surface area contributed by atoms with E-state index in [4.69, 9.17) is 4.74 Å². The Labute approximate surface area is 193 Å². The van der Waals surface area contributed by atoms with Crippen LogP contribution < -0.4 is 10.1 Å². The van der Waals surface area contributed by atoms with Gasteiger partial charge >= 0.3 is 0 Å². The van der Waals surface area contributed by atoms with Gasteiger partial charge in [0.2, 0.25) is 5.91 Å². The maximum absolute atomic E-state index is 12.4. The lowest BCUT2D eigenvalue weighted by molar-refractivity contribution is -0.118. The van der Waals surface area contributed by atoms with E-state index in [9.17, 15) is 4.79 Å². The van der Waals surface area contributed by atoms with Crippen molar-refractivity contribution in [3.63, 3.8) is 0 Å². The van der Waals surface area contributed by atoms with E-state index in [0.29, 0.717) is 18.3 Å². The molecule has 3 aromatic rings. The SMILES string of the molecule is COc1ccc(-c2nnc(SCC(=O)NCCc3ccccc3)n2C2CCCCC2)cc1. The molecular formula is C25H30N4O2S. The molecule has 2 aromatic carbocycles. The first kappa shape index (κ1) is 22.4. The summed E-state index contributed by atoms with van der Waals surface area (Å²) in [5.41, 5.74) is 2.24. The van der Waals surface area contributed by atoms with Gasteiger partial charge in [0.1, 0.15) is 5.75 Å². The molecule has 4 rings (SSSR count). The molecule has 1 aliphatic carbocycles. The molecular weight excluding hydrogens is 420 g/mol. The molecule has 1 heterocycles. The van der Waals surface area contributed by atoms with E-state index in [1.54, 1.807) is 7.11 Å². The van der Waals surface area contributed by atoms with Gasteiger partial charge in [-0.25, -0.2) is 0 Å². The van der Waals surface area contributed by atoms with E-state index in [0.717, 1.165) is 41.6 Å². The standard InChI is InChI=1S/C25H30N4O2S/c1-31-22-14-12-20(13-15-22)24-27-28-25(29(24)21-10-6-3-7-11-21)32-18-23(30)26-17-16-19-8-4-2-5-9-19/h2,4-5,8-9,12-15,21H,3,6-7,10-11,16-18H2,1H3,(H,26,30). The highest BCUT2D eigenvalue weighted by Crippen LogP contribution is 2.35. The van der Waals surface area contributed by atoms with Crippen LogP contribution in [-0.2, 0) is 11.2 Å². The van der Waals surface area contributed by atoms with Crippen LogP contribution in [0.4, 0.5) is 0 Å². The minimum Gasteiger partial charge on any atom is -0.497 e. The molecule has 0 unspecified atom stereocenters. The fourth-order valence-corrected chi connectivity index (χ4v) is 4.99. The number of nitrogens with zero attached hydrogens (tertiary/aromatic N) is 3. The molecule has 168 valence electrons. The smallest absolute Gasteiger partial charge is 0.230 e. The van der Waals surface area contributed by atoms with E-state index >= 15 is 0 Å². The summed E-state index contributed by atoms with van der Waals surface area (Å²) in [7, 11) is 1.67. The number of carbonyl (C=O) groups excluding carboxylic acids is 1. The number of hydrogen-bond donors (Lipinski definition) is 1. The van der Waals surface area contributed by atoms with E-state index in [-0.39, 0.29) is 5.91 Å². The van der Waals surface area contributed by atoms with Crippen molar-refractivity contribution in [2.75, 3.05) is 19.4 Å². The van der Waals surface area contributed by atoms with Crippen LogP contribution in [0.3, 0.4) is 0 Å². The Kier molecular flexibility index (Phi) is 7.82. The average Bonchev–Trinajstić information content (AvgIpc) is 3.28. The van der Waals surface area contributed by atoms with Gasteiger partial charge in [-0.3, -0.25) is 9.36 Å². The first-order chi connectivity index (χ1) is 15.7. The van der Waals surface area contributed by atoms with Crippen molar-refractivity contribution in [1.29, 1.82) is 0 Å². The van der Waals surface area contributed by atoms with Crippen LogP contribution in [0.1, 0.15) is 43.7 Å². The van der Waals surface area contributed by atoms with Crippen molar-refractivity contribution in [2.45, 2.75) is 49.7 Å². The van der Waals surface area contributed by atoms with Gasteiger partial charge in [-0.2, -0.15) is 0 Å². The second-order valence-corrected chi connectivity index (χ2v) is 9.01. The van der Waals surface area contributed by atoms with Crippen LogP contribution in [-0.4, -0.2) is 40.1 Å². The molecule has 0 bridgehead atoms. The van der Waals surface area contributed by atoms with Gasteiger partial charge in [0.05, 0.1) is 12.9 Å². The van der Waals surface area contributed by atoms with Gasteiger partial charge in [-0.15, -0.1) is 10.2 Å². The lowest BCUT2D eigenvalue weighted by atomic mass is 9.95. The van der Waals surface area contributed by atoms with Gasteiger partial charge in [0, 0.05) is 18.2 Å². The van der Waals surface area contributed by atoms with Gasteiger partial charge in [-0.1, -0.05) is 61.4 Å². The van der Waals surface area contributed by atoms with Crippen LogP contribution in [0.25, 0.3) is 11.4 Å². The van der Waals surface area contributed by atoms with Crippen molar-refractivity contribution >= 4 is 17.7 Å². The number of amides is 1. The third kappa shape index (κ3) is 5.71. The number of carbonyl (C=O) groups is 1. The minimum absolute atomic E-state index is 0.0233. The molecule has 0 aliphatic heterocycles. The minimum atomic E-state index is 0.0233. The van der Waals surface area contributed by atoms with Gasteiger partial charge < -0.3 is 10.1 Å². The Balaban J connectivity index is 1.43. The van der Waals surface area contributed by atoms with Gasteiger partial charge in [-0.05, 0) is 49.1 Å². The van der Waals surface area contributed by atoms with Gasteiger partial charge in [0.15, 0.2) is 11.0 Å². The number of benzene rings is 2. The number of ether oxygens (including phenoxy) is 1. The predicted octanol–water partition coefficient (Wildman–Crippen LogP) is 4.91. The normalized spacial score (nSPS) is 14.3. The maximum Gasteiger partial charge on any atom is 0.230 e. The van der Waals surface area contributed by atoms with E-state index in [1.165, 1.54) is 36.6 Å². The van der Waals surface area contributed by atoms with Crippen LogP contribution in [0, 0.1) is 0 Å². The molecule has 7 heteroatoms. The fourth-order valence-electron chi connectivity index (χ4n) is 4.15. The van der Waals surface area contributed by atoms with E-state index < -0.39 is 0 Å². The molecule has 1 saturated carbocycles. The molecule has 1 amide bonds. The third-order valence-electron chi connectivity index (χ3n) is 5.86. The molecule has 32 heavy (non-hydrogen) atoms. The highest BCUT2D eigenvalue weighted by Gasteiger charge is 2.24. The first-order valence-electron chi connectivity index (χ1n) is 11.3. The fraction of sp³-hybridized carbons (Fsp3) is 0.400. The molecule has 1 N–H and O–H groups in total. The number of rotatable bonds is 9. The number of thioether (sulfide) groups is 1. The van der Waals surface area contributed by atoms with Gasteiger partial charge in [0.25, 0.3) is 0 Å². The van der Waals surface area contributed by atoms with Crippen molar-refractivity contribution in [2.24, 2.45) is 0 Å². The quantitative estimate of drug-likeness (QED) is 0.469. The highest BCUT2D eigenvalue weighted by atomic mass is 32.2. The molecule has 0 saturated heterocycles. The molecule has 6 nitrogen and oxygen atoms in total. The summed E-state index contributed by atoms with van der Waals surface area (Å²) < 4.78 is 7.54. The van der Waals surface area contributed by atoms with E-state index in [2.05, 4.69) is 32.2 Å². The average molecular weight is 451 g/mol. The molecule has 0 atom stereocenters. The Morgan fingerprint density at radius 3 is 2.53 bits per heavy atom. The lowest BCUT2D eigenvalue weighted by Crippen LogP contribution is -2.27. The zero-order valence-electron chi connectivity index (χ0n) is 18.5. The van der Waals surface area contributed by atoms with Crippen LogP contribution in [0.2, 0.25) is 0 Å². The lowest BCUT2D eigenvalue weighted by Gasteiger charge is -2.25. The van der Waals surface area contributed by atoms with Crippen molar-refractivity contribution in [1.82, 2.24) is 20.1 Å². The molecule has 1 aromatic heterocycles. The molecule has 1 fully saturated rings. The molecule has 0 spiro atoms. The number of nitrogens with one attached hydrogen (secondary N) is 1. The summed E-state index contributed by atoms with van der Waals surface area (Å²) in [5.74, 6) is 2.04.